The van der Waals surface area contributed by atoms with E-state index in [2.05, 4.69) is 9.97 Å². The minimum absolute atomic E-state index is 0.0392. The summed E-state index contributed by atoms with van der Waals surface area (Å²) in [4.78, 5) is 46.5. The van der Waals surface area contributed by atoms with Gasteiger partial charge < -0.3 is 4.90 Å². The standard InChI is InChI=1S/C24H23FN6O2/c1-15-19-5-6-21(32)31(13-16-3-2-4-18(25)11-16)23(19)29-22(28-15)17-7-10-30(14-17)24(33)20-12-26-8-9-27-20/h2-4,8-9,11-12,17H,5-7,10,13-14H2,1H3. The average Bonchev–Trinajstić information content (AvgIpc) is 3.31. The SMILES string of the molecule is Cc1nc(C2CCN(C(=O)c3cnccn3)C2)nc2c1CCC(=O)N2Cc1cccc(F)c1. The highest BCUT2D eigenvalue weighted by molar-refractivity contribution is 5.95. The zero-order valence-electron chi connectivity index (χ0n) is 18.2. The highest BCUT2D eigenvalue weighted by Gasteiger charge is 2.33. The van der Waals surface area contributed by atoms with Gasteiger partial charge in [-0.25, -0.2) is 19.3 Å². The lowest BCUT2D eigenvalue weighted by molar-refractivity contribution is -0.119. The predicted molar refractivity (Wildman–Crippen MR) is 118 cm³/mol. The van der Waals surface area contributed by atoms with Crippen LogP contribution in [0.4, 0.5) is 10.2 Å². The van der Waals surface area contributed by atoms with E-state index in [4.69, 9.17) is 9.97 Å². The molecule has 168 valence electrons. The number of likely N-dealkylation sites (tertiary alicyclic amines) is 1. The Hall–Kier alpha value is -3.75. The van der Waals surface area contributed by atoms with Gasteiger partial charge in [-0.05, 0) is 37.5 Å². The molecule has 5 rings (SSSR count). The van der Waals surface area contributed by atoms with Crippen LogP contribution in [0.2, 0.25) is 0 Å². The van der Waals surface area contributed by atoms with Crippen molar-refractivity contribution in [3.63, 3.8) is 0 Å². The number of amides is 2. The van der Waals surface area contributed by atoms with Crippen molar-refractivity contribution >= 4 is 17.6 Å². The molecule has 2 amide bonds. The fraction of sp³-hybridized carbons (Fsp3) is 0.333. The first kappa shape index (κ1) is 21.1. The molecule has 1 atom stereocenters. The summed E-state index contributed by atoms with van der Waals surface area (Å²) < 4.78 is 13.7. The van der Waals surface area contributed by atoms with Crippen LogP contribution in [0.1, 0.15) is 51.9 Å². The number of benzene rings is 1. The molecular weight excluding hydrogens is 423 g/mol. The zero-order valence-corrected chi connectivity index (χ0v) is 18.2. The second-order valence-electron chi connectivity index (χ2n) is 8.41. The minimum atomic E-state index is -0.337. The number of aromatic nitrogens is 4. The second kappa shape index (κ2) is 8.65. The number of carbonyl (C=O) groups is 2. The van der Waals surface area contributed by atoms with Crippen molar-refractivity contribution < 1.29 is 14.0 Å². The number of anilines is 1. The molecule has 9 heteroatoms. The number of hydrogen-bond acceptors (Lipinski definition) is 6. The van der Waals surface area contributed by atoms with E-state index in [-0.39, 0.29) is 30.1 Å². The van der Waals surface area contributed by atoms with Crippen LogP contribution in [-0.2, 0) is 17.8 Å². The van der Waals surface area contributed by atoms with Crippen LogP contribution in [0.15, 0.2) is 42.9 Å². The van der Waals surface area contributed by atoms with Crippen LogP contribution >= 0.6 is 0 Å². The third-order valence-corrected chi connectivity index (χ3v) is 6.21. The summed E-state index contributed by atoms with van der Waals surface area (Å²) in [6, 6.07) is 6.25. The first-order valence-electron chi connectivity index (χ1n) is 11.0. The molecular formula is C24H23FN6O2. The van der Waals surface area contributed by atoms with Crippen LogP contribution in [0.25, 0.3) is 0 Å². The fourth-order valence-corrected chi connectivity index (χ4v) is 4.49. The fourth-order valence-electron chi connectivity index (χ4n) is 4.49. The number of halogens is 1. The summed E-state index contributed by atoms with van der Waals surface area (Å²) in [5.41, 5.74) is 2.80. The van der Waals surface area contributed by atoms with Crippen molar-refractivity contribution in [3.8, 4) is 0 Å². The molecule has 2 aliphatic heterocycles. The highest BCUT2D eigenvalue weighted by Crippen LogP contribution is 2.33. The summed E-state index contributed by atoms with van der Waals surface area (Å²) >= 11 is 0. The Balaban J connectivity index is 1.41. The Morgan fingerprint density at radius 3 is 2.88 bits per heavy atom. The lowest BCUT2D eigenvalue weighted by Gasteiger charge is -2.30. The molecule has 1 aromatic carbocycles. The highest BCUT2D eigenvalue weighted by atomic mass is 19.1. The molecule has 1 saturated heterocycles. The van der Waals surface area contributed by atoms with Crippen molar-refractivity contribution in [3.05, 3.63) is 77.0 Å². The van der Waals surface area contributed by atoms with Gasteiger partial charge in [-0.1, -0.05) is 12.1 Å². The minimum Gasteiger partial charge on any atom is -0.337 e. The third-order valence-electron chi connectivity index (χ3n) is 6.21. The number of carbonyl (C=O) groups excluding carboxylic acids is 2. The zero-order chi connectivity index (χ0) is 22.9. The molecule has 8 nitrogen and oxygen atoms in total. The van der Waals surface area contributed by atoms with Crippen LogP contribution in [0.3, 0.4) is 0 Å². The quantitative estimate of drug-likeness (QED) is 0.612. The summed E-state index contributed by atoms with van der Waals surface area (Å²) in [6.45, 7) is 3.23. The molecule has 0 bridgehead atoms. The molecule has 3 aromatic rings. The van der Waals surface area contributed by atoms with E-state index in [1.54, 1.807) is 21.9 Å². The average molecular weight is 446 g/mol. The maximum absolute atomic E-state index is 13.7. The number of fused-ring (bicyclic) bond motifs is 1. The van der Waals surface area contributed by atoms with Crippen molar-refractivity contribution in [1.29, 1.82) is 0 Å². The van der Waals surface area contributed by atoms with Gasteiger partial charge in [0.05, 0.1) is 12.7 Å². The Morgan fingerprint density at radius 2 is 2.09 bits per heavy atom. The van der Waals surface area contributed by atoms with Gasteiger partial charge in [0.15, 0.2) is 0 Å². The first-order chi connectivity index (χ1) is 16.0. The van der Waals surface area contributed by atoms with Gasteiger partial charge in [0.25, 0.3) is 5.91 Å². The summed E-state index contributed by atoms with van der Waals surface area (Å²) in [5.74, 6) is 0.638. The second-order valence-corrected chi connectivity index (χ2v) is 8.41. The lowest BCUT2D eigenvalue weighted by Crippen LogP contribution is -2.36. The Bertz CT molecular complexity index is 1220. The molecule has 0 spiro atoms. The molecule has 4 heterocycles. The molecule has 0 radical (unpaired) electrons. The van der Waals surface area contributed by atoms with E-state index < -0.39 is 0 Å². The first-order valence-corrected chi connectivity index (χ1v) is 11.0. The van der Waals surface area contributed by atoms with Gasteiger partial charge >= 0.3 is 0 Å². The number of nitrogens with zero attached hydrogens (tertiary/aromatic N) is 6. The monoisotopic (exact) mass is 446 g/mol. The molecule has 2 aliphatic rings. The van der Waals surface area contributed by atoms with Crippen LogP contribution < -0.4 is 4.90 Å². The van der Waals surface area contributed by atoms with Gasteiger partial charge in [-0.15, -0.1) is 0 Å². The van der Waals surface area contributed by atoms with E-state index in [0.717, 1.165) is 17.7 Å². The number of rotatable bonds is 4. The van der Waals surface area contributed by atoms with E-state index in [1.807, 2.05) is 6.92 Å². The van der Waals surface area contributed by atoms with E-state index >= 15 is 0 Å². The van der Waals surface area contributed by atoms with Crippen LogP contribution in [-0.4, -0.2) is 49.7 Å². The maximum atomic E-state index is 13.7. The van der Waals surface area contributed by atoms with E-state index in [0.29, 0.717) is 48.8 Å². The lowest BCUT2D eigenvalue weighted by atomic mass is 10.0. The summed E-state index contributed by atoms with van der Waals surface area (Å²) in [5, 5.41) is 0. The van der Waals surface area contributed by atoms with Crippen LogP contribution in [0.5, 0.6) is 0 Å². The van der Waals surface area contributed by atoms with Gasteiger partial charge in [0, 0.05) is 49.1 Å². The molecule has 0 aliphatic carbocycles. The van der Waals surface area contributed by atoms with Gasteiger partial charge in [-0.2, -0.15) is 0 Å². The van der Waals surface area contributed by atoms with E-state index in [1.165, 1.54) is 30.7 Å². The largest absolute Gasteiger partial charge is 0.337 e. The van der Waals surface area contributed by atoms with Crippen molar-refractivity contribution in [1.82, 2.24) is 24.8 Å². The molecule has 1 unspecified atom stereocenters. The molecule has 2 aromatic heterocycles. The number of aryl methyl sites for hydroxylation is 1. The molecule has 0 N–H and O–H groups in total. The molecule has 33 heavy (non-hydrogen) atoms. The van der Waals surface area contributed by atoms with Gasteiger partial charge in [0.2, 0.25) is 5.91 Å². The third kappa shape index (κ3) is 4.18. The summed E-state index contributed by atoms with van der Waals surface area (Å²) in [7, 11) is 0. The normalized spacial score (nSPS) is 17.9. The predicted octanol–water partition coefficient (Wildman–Crippen LogP) is 2.82. The van der Waals surface area contributed by atoms with Crippen molar-refractivity contribution in [2.75, 3.05) is 18.0 Å². The summed E-state index contributed by atoms with van der Waals surface area (Å²) in [6.07, 6.45) is 6.18. The van der Waals surface area contributed by atoms with Crippen LogP contribution in [0, 0.1) is 12.7 Å². The van der Waals surface area contributed by atoms with Gasteiger partial charge in [0.1, 0.15) is 23.2 Å². The topological polar surface area (TPSA) is 92.2 Å². The van der Waals surface area contributed by atoms with Crippen molar-refractivity contribution in [2.45, 2.75) is 38.6 Å². The molecule has 1 fully saturated rings. The Morgan fingerprint density at radius 1 is 1.21 bits per heavy atom. The Kier molecular flexibility index (Phi) is 5.53. The Labute approximate surface area is 190 Å². The maximum Gasteiger partial charge on any atom is 0.274 e. The van der Waals surface area contributed by atoms with Crippen molar-refractivity contribution in [2.24, 2.45) is 0 Å². The smallest absolute Gasteiger partial charge is 0.274 e. The number of hydrogen-bond donors (Lipinski definition) is 0. The molecule has 0 saturated carbocycles. The van der Waals surface area contributed by atoms with Gasteiger partial charge in [-0.3, -0.25) is 19.5 Å². The van der Waals surface area contributed by atoms with E-state index in [9.17, 15) is 14.0 Å².